The Balaban J connectivity index is 1.80. The van der Waals surface area contributed by atoms with Gasteiger partial charge < -0.3 is 15.4 Å². The predicted molar refractivity (Wildman–Crippen MR) is 100 cm³/mol. The molecule has 1 heterocycles. The highest BCUT2D eigenvalue weighted by Crippen LogP contribution is 2.29. The molecule has 1 aliphatic heterocycles. The van der Waals surface area contributed by atoms with Gasteiger partial charge in [-0.25, -0.2) is 13.6 Å². The summed E-state index contributed by atoms with van der Waals surface area (Å²) in [5.41, 5.74) is 0.970. The van der Waals surface area contributed by atoms with Crippen molar-refractivity contribution >= 4 is 35.2 Å². The standard InChI is InChI=1S/C19H16Cl2F2N2O3/c20-11-4-1-10(2-5-11)3-8-14(12-6-7-13(22)16(21)17(12)23)25-18(26)15-9-24-19(27)28-15/h1-2,4-7,14-15H,3,8-9H2,(H,24,27)(H,25,26)/t14-,15+/m1/s1. The van der Waals surface area contributed by atoms with Crippen LogP contribution in [0.3, 0.4) is 0 Å². The molecule has 0 bridgehead atoms. The first-order valence-electron chi connectivity index (χ1n) is 8.48. The maximum Gasteiger partial charge on any atom is 0.408 e. The van der Waals surface area contributed by atoms with Gasteiger partial charge in [0, 0.05) is 10.6 Å². The largest absolute Gasteiger partial charge is 0.434 e. The third-order valence-corrected chi connectivity index (χ3v) is 4.96. The van der Waals surface area contributed by atoms with E-state index in [0.29, 0.717) is 17.9 Å². The van der Waals surface area contributed by atoms with Gasteiger partial charge in [-0.1, -0.05) is 41.4 Å². The SMILES string of the molecule is O=C1NC[C@@H](C(=O)N[C@H](CCc2ccc(Cl)cc2)c2ccc(F)c(Cl)c2F)O1. The van der Waals surface area contributed by atoms with Crippen LogP contribution in [0.5, 0.6) is 0 Å². The van der Waals surface area contributed by atoms with E-state index >= 15 is 0 Å². The van der Waals surface area contributed by atoms with Gasteiger partial charge >= 0.3 is 6.09 Å². The van der Waals surface area contributed by atoms with Crippen LogP contribution in [0.1, 0.15) is 23.6 Å². The van der Waals surface area contributed by atoms with Crippen molar-refractivity contribution in [1.29, 1.82) is 0 Å². The number of halogens is 4. The van der Waals surface area contributed by atoms with Crippen molar-refractivity contribution in [2.24, 2.45) is 0 Å². The van der Waals surface area contributed by atoms with E-state index in [-0.39, 0.29) is 12.1 Å². The molecule has 0 spiro atoms. The molecule has 148 valence electrons. The van der Waals surface area contributed by atoms with Gasteiger partial charge in [0.25, 0.3) is 5.91 Å². The molecular formula is C19H16Cl2F2N2O3. The monoisotopic (exact) mass is 428 g/mol. The average molecular weight is 429 g/mol. The van der Waals surface area contributed by atoms with E-state index in [2.05, 4.69) is 10.6 Å². The first-order chi connectivity index (χ1) is 13.3. The highest BCUT2D eigenvalue weighted by Gasteiger charge is 2.31. The fourth-order valence-electron chi connectivity index (χ4n) is 2.88. The number of ether oxygens (including phenoxy) is 1. The second-order valence-corrected chi connectivity index (χ2v) is 7.08. The molecule has 1 aliphatic rings. The summed E-state index contributed by atoms with van der Waals surface area (Å²) in [7, 11) is 0. The first kappa shape index (κ1) is 20.4. The lowest BCUT2D eigenvalue weighted by Crippen LogP contribution is -2.39. The zero-order chi connectivity index (χ0) is 20.3. The highest BCUT2D eigenvalue weighted by atomic mass is 35.5. The summed E-state index contributed by atoms with van der Waals surface area (Å²) in [5, 5.41) is 4.98. The molecule has 28 heavy (non-hydrogen) atoms. The average Bonchev–Trinajstić information content (AvgIpc) is 3.11. The summed E-state index contributed by atoms with van der Waals surface area (Å²) in [6.07, 6.45) is -0.932. The van der Waals surface area contributed by atoms with Crippen molar-refractivity contribution in [2.45, 2.75) is 25.0 Å². The Hall–Kier alpha value is -2.38. The molecule has 1 saturated heterocycles. The van der Waals surface area contributed by atoms with E-state index < -0.39 is 40.8 Å². The van der Waals surface area contributed by atoms with E-state index in [1.54, 1.807) is 12.1 Å². The molecule has 0 aliphatic carbocycles. The summed E-state index contributed by atoms with van der Waals surface area (Å²) in [4.78, 5) is 23.6. The Morgan fingerprint density at radius 2 is 1.93 bits per heavy atom. The number of rotatable bonds is 6. The Bertz CT molecular complexity index is 893. The van der Waals surface area contributed by atoms with Crippen LogP contribution in [0.2, 0.25) is 10.0 Å². The van der Waals surface area contributed by atoms with Crippen molar-refractivity contribution in [3.63, 3.8) is 0 Å². The van der Waals surface area contributed by atoms with Gasteiger partial charge in [0.1, 0.15) is 16.7 Å². The van der Waals surface area contributed by atoms with Crippen LogP contribution in [0, 0.1) is 11.6 Å². The predicted octanol–water partition coefficient (Wildman–Crippen LogP) is 4.17. The molecule has 5 nitrogen and oxygen atoms in total. The number of amides is 2. The number of carbonyl (C=O) groups is 2. The molecule has 2 aromatic rings. The Morgan fingerprint density at radius 3 is 2.57 bits per heavy atom. The summed E-state index contributed by atoms with van der Waals surface area (Å²) in [5.74, 6) is -2.41. The van der Waals surface area contributed by atoms with E-state index in [9.17, 15) is 18.4 Å². The highest BCUT2D eigenvalue weighted by molar-refractivity contribution is 6.31. The first-order valence-corrected chi connectivity index (χ1v) is 9.23. The minimum absolute atomic E-state index is 0.0151. The lowest BCUT2D eigenvalue weighted by molar-refractivity contribution is -0.128. The smallest absolute Gasteiger partial charge is 0.408 e. The van der Waals surface area contributed by atoms with Crippen LogP contribution in [0.15, 0.2) is 36.4 Å². The number of cyclic esters (lactones) is 1. The van der Waals surface area contributed by atoms with Gasteiger partial charge in [-0.05, 0) is 36.6 Å². The second-order valence-electron chi connectivity index (χ2n) is 6.27. The molecular weight excluding hydrogens is 413 g/mol. The van der Waals surface area contributed by atoms with Gasteiger partial charge in [0.2, 0.25) is 0 Å². The summed E-state index contributed by atoms with van der Waals surface area (Å²) < 4.78 is 32.9. The van der Waals surface area contributed by atoms with Crippen LogP contribution in [0.25, 0.3) is 0 Å². The van der Waals surface area contributed by atoms with Gasteiger partial charge in [-0.3, -0.25) is 4.79 Å². The molecule has 2 amide bonds. The number of hydrogen-bond acceptors (Lipinski definition) is 3. The molecule has 3 rings (SSSR count). The minimum atomic E-state index is -1.02. The van der Waals surface area contributed by atoms with Crippen molar-refractivity contribution < 1.29 is 23.1 Å². The summed E-state index contributed by atoms with van der Waals surface area (Å²) >= 11 is 11.6. The van der Waals surface area contributed by atoms with Gasteiger partial charge in [0.05, 0.1) is 12.6 Å². The maximum absolute atomic E-state index is 14.5. The van der Waals surface area contributed by atoms with Crippen molar-refractivity contribution in [3.05, 3.63) is 69.2 Å². The lowest BCUT2D eigenvalue weighted by atomic mass is 9.98. The third kappa shape index (κ3) is 4.72. The number of nitrogens with one attached hydrogen (secondary N) is 2. The quantitative estimate of drug-likeness (QED) is 0.678. The van der Waals surface area contributed by atoms with Gasteiger partial charge in [0.15, 0.2) is 6.10 Å². The minimum Gasteiger partial charge on any atom is -0.434 e. The normalized spacial score (nSPS) is 17.0. The fourth-order valence-corrected chi connectivity index (χ4v) is 3.18. The Labute approximate surface area is 170 Å². The van der Waals surface area contributed by atoms with Gasteiger partial charge in [-0.2, -0.15) is 0 Å². The van der Waals surface area contributed by atoms with E-state index in [4.69, 9.17) is 27.9 Å². The van der Waals surface area contributed by atoms with Crippen molar-refractivity contribution in [3.8, 4) is 0 Å². The lowest BCUT2D eigenvalue weighted by Gasteiger charge is -2.22. The molecule has 2 atom stereocenters. The number of alkyl carbamates (subject to hydrolysis) is 1. The van der Waals surface area contributed by atoms with Crippen LogP contribution in [0.4, 0.5) is 13.6 Å². The number of hydrogen-bond donors (Lipinski definition) is 2. The maximum atomic E-state index is 14.5. The molecule has 0 aromatic heterocycles. The second kappa shape index (κ2) is 8.75. The molecule has 2 aromatic carbocycles. The molecule has 2 N–H and O–H groups in total. The topological polar surface area (TPSA) is 67.4 Å². The summed E-state index contributed by atoms with van der Waals surface area (Å²) in [6.45, 7) is 0.0151. The van der Waals surface area contributed by atoms with E-state index in [1.807, 2.05) is 12.1 Å². The number of carbonyl (C=O) groups excluding carboxylic acids is 2. The molecule has 0 radical (unpaired) electrons. The van der Waals surface area contributed by atoms with Gasteiger partial charge in [-0.15, -0.1) is 0 Å². The zero-order valence-corrected chi connectivity index (χ0v) is 16.0. The number of aryl methyl sites for hydroxylation is 1. The van der Waals surface area contributed by atoms with Crippen molar-refractivity contribution in [1.82, 2.24) is 10.6 Å². The van der Waals surface area contributed by atoms with Crippen LogP contribution >= 0.6 is 23.2 Å². The molecule has 1 fully saturated rings. The van der Waals surface area contributed by atoms with Crippen molar-refractivity contribution in [2.75, 3.05) is 6.54 Å². The molecule has 0 saturated carbocycles. The van der Waals surface area contributed by atoms with E-state index in [0.717, 1.165) is 11.6 Å². The zero-order valence-electron chi connectivity index (χ0n) is 14.5. The number of benzene rings is 2. The summed E-state index contributed by atoms with van der Waals surface area (Å²) in [6, 6.07) is 8.56. The fraction of sp³-hybridized carbons (Fsp3) is 0.263. The Kier molecular flexibility index (Phi) is 6.36. The molecule has 9 heteroatoms. The van der Waals surface area contributed by atoms with E-state index in [1.165, 1.54) is 6.07 Å². The molecule has 0 unspecified atom stereocenters. The van der Waals surface area contributed by atoms with Crippen LogP contribution < -0.4 is 10.6 Å². The Morgan fingerprint density at radius 1 is 1.21 bits per heavy atom. The van der Waals surface area contributed by atoms with Crippen LogP contribution in [-0.4, -0.2) is 24.6 Å². The third-order valence-electron chi connectivity index (χ3n) is 4.37. The van der Waals surface area contributed by atoms with Crippen LogP contribution in [-0.2, 0) is 16.0 Å².